The van der Waals surface area contributed by atoms with Crippen LogP contribution in [0.2, 0.25) is 0 Å². The van der Waals surface area contributed by atoms with E-state index >= 15 is 0 Å². The molecule has 144 valence electrons. The van der Waals surface area contributed by atoms with Gasteiger partial charge in [0.25, 0.3) is 0 Å². The highest BCUT2D eigenvalue weighted by Gasteiger charge is 2.16. The van der Waals surface area contributed by atoms with Crippen molar-refractivity contribution in [1.82, 2.24) is 24.2 Å². The summed E-state index contributed by atoms with van der Waals surface area (Å²) < 4.78 is 9.60. The lowest BCUT2D eigenvalue weighted by molar-refractivity contribution is 0.220. The fourth-order valence-corrected chi connectivity index (χ4v) is 3.17. The van der Waals surface area contributed by atoms with Crippen LogP contribution < -0.4 is 4.74 Å². The molecule has 3 aromatic rings. The van der Waals surface area contributed by atoms with Gasteiger partial charge in [-0.2, -0.15) is 5.26 Å². The van der Waals surface area contributed by atoms with Crippen LogP contribution in [0.15, 0.2) is 48.8 Å². The van der Waals surface area contributed by atoms with Gasteiger partial charge in [-0.05, 0) is 55.2 Å². The van der Waals surface area contributed by atoms with E-state index in [-0.39, 0.29) is 0 Å². The van der Waals surface area contributed by atoms with Crippen molar-refractivity contribution in [2.24, 2.45) is 0 Å². The lowest BCUT2D eigenvalue weighted by atomic mass is 10.2. The van der Waals surface area contributed by atoms with Crippen molar-refractivity contribution in [3.05, 3.63) is 53.6 Å². The van der Waals surface area contributed by atoms with Gasteiger partial charge in [0.1, 0.15) is 5.75 Å². The number of hydrogen-bond donors (Lipinski definition) is 0. The van der Waals surface area contributed by atoms with Gasteiger partial charge < -0.3 is 4.74 Å². The number of nitriles is 1. The molecular weight excluding hydrogens is 372 g/mol. The van der Waals surface area contributed by atoms with Gasteiger partial charge >= 0.3 is 0 Å². The van der Waals surface area contributed by atoms with Crippen molar-refractivity contribution in [2.45, 2.75) is 20.0 Å². The summed E-state index contributed by atoms with van der Waals surface area (Å²) in [6.45, 7) is 4.07. The number of nitrogens with zero attached hydrogens (tertiary/aromatic N) is 6. The predicted octanol–water partition coefficient (Wildman–Crippen LogP) is 3.67. The highest BCUT2D eigenvalue weighted by Crippen LogP contribution is 2.24. The minimum atomic E-state index is 0.470. The first-order valence-corrected chi connectivity index (χ1v) is 9.42. The van der Waals surface area contributed by atoms with Crippen LogP contribution in [0.5, 0.6) is 5.75 Å². The van der Waals surface area contributed by atoms with Crippen LogP contribution in [0.3, 0.4) is 0 Å². The zero-order chi connectivity index (χ0) is 19.9. The Kier molecular flexibility index (Phi) is 6.53. The maximum atomic E-state index is 8.88. The number of methoxy groups -OCH3 is 1. The standard InChI is InChI=1S/C20H22N6OS/c1-3-24(14-4-11-21)15-25-20(28)26(17-5-7-18(27-2)8-6-17)19(23-25)16-9-12-22-13-10-16/h5-10,12-13H,3-4,14-15H2,1-2H3. The number of rotatable bonds is 8. The van der Waals surface area contributed by atoms with E-state index in [1.54, 1.807) is 24.2 Å². The third kappa shape index (κ3) is 4.27. The molecule has 8 heteroatoms. The van der Waals surface area contributed by atoms with Crippen LogP contribution in [-0.2, 0) is 6.67 Å². The van der Waals surface area contributed by atoms with E-state index in [4.69, 9.17) is 27.3 Å². The quantitative estimate of drug-likeness (QED) is 0.543. The second-order valence-electron chi connectivity index (χ2n) is 6.14. The molecule has 0 N–H and O–H groups in total. The Hall–Kier alpha value is -3.02. The Morgan fingerprint density at radius 3 is 2.50 bits per heavy atom. The Labute approximate surface area is 169 Å². The highest BCUT2D eigenvalue weighted by molar-refractivity contribution is 7.71. The largest absolute Gasteiger partial charge is 0.497 e. The van der Waals surface area contributed by atoms with Gasteiger partial charge in [0.05, 0.1) is 25.5 Å². The van der Waals surface area contributed by atoms with Gasteiger partial charge in [0.15, 0.2) is 5.82 Å². The van der Waals surface area contributed by atoms with E-state index < -0.39 is 0 Å². The Morgan fingerprint density at radius 2 is 1.89 bits per heavy atom. The van der Waals surface area contributed by atoms with Crippen molar-refractivity contribution < 1.29 is 4.74 Å². The number of benzene rings is 1. The molecule has 3 rings (SSSR count). The summed E-state index contributed by atoms with van der Waals surface area (Å²) in [5.41, 5.74) is 1.83. The smallest absolute Gasteiger partial charge is 0.204 e. The molecule has 0 saturated carbocycles. The van der Waals surface area contributed by atoms with Crippen LogP contribution in [0.1, 0.15) is 13.3 Å². The number of ether oxygens (including phenoxy) is 1. The van der Waals surface area contributed by atoms with Crippen LogP contribution in [0.4, 0.5) is 0 Å². The van der Waals surface area contributed by atoms with Crippen LogP contribution in [0.25, 0.3) is 17.1 Å². The molecule has 0 bridgehead atoms. The highest BCUT2D eigenvalue weighted by atomic mass is 32.1. The summed E-state index contributed by atoms with van der Waals surface area (Å²) >= 11 is 5.76. The average Bonchev–Trinajstić information content (AvgIpc) is 3.07. The number of hydrogen-bond acceptors (Lipinski definition) is 6. The Balaban J connectivity index is 2.07. The third-order valence-corrected chi connectivity index (χ3v) is 4.82. The maximum Gasteiger partial charge on any atom is 0.204 e. The van der Waals surface area contributed by atoms with Gasteiger partial charge in [-0.3, -0.25) is 14.5 Å². The summed E-state index contributed by atoms with van der Waals surface area (Å²) in [5.74, 6) is 1.52. The zero-order valence-electron chi connectivity index (χ0n) is 15.9. The average molecular weight is 395 g/mol. The molecule has 0 unspecified atom stereocenters. The lowest BCUT2D eigenvalue weighted by Crippen LogP contribution is -2.28. The molecule has 0 saturated heterocycles. The monoisotopic (exact) mass is 394 g/mol. The van der Waals surface area contributed by atoms with Crippen LogP contribution >= 0.6 is 12.2 Å². The van der Waals surface area contributed by atoms with Crippen molar-refractivity contribution in [2.75, 3.05) is 20.2 Å². The minimum absolute atomic E-state index is 0.470. The molecule has 1 aromatic carbocycles. The minimum Gasteiger partial charge on any atom is -0.497 e. The molecule has 0 aliphatic heterocycles. The third-order valence-electron chi connectivity index (χ3n) is 4.43. The van der Waals surface area contributed by atoms with Crippen LogP contribution in [0, 0.1) is 16.1 Å². The van der Waals surface area contributed by atoms with E-state index in [2.05, 4.69) is 22.9 Å². The molecule has 0 fully saturated rings. The predicted molar refractivity (Wildman–Crippen MR) is 110 cm³/mol. The summed E-state index contributed by atoms with van der Waals surface area (Å²) in [6.07, 6.45) is 3.94. The summed E-state index contributed by atoms with van der Waals surface area (Å²) in [4.78, 5) is 6.23. The van der Waals surface area contributed by atoms with Gasteiger partial charge in [-0.1, -0.05) is 6.92 Å². The fraction of sp³-hybridized carbons (Fsp3) is 0.300. The van der Waals surface area contributed by atoms with Gasteiger partial charge in [-0.15, -0.1) is 5.10 Å². The Morgan fingerprint density at radius 1 is 1.18 bits per heavy atom. The second kappa shape index (κ2) is 9.26. The van der Waals surface area contributed by atoms with Gasteiger partial charge in [0.2, 0.25) is 4.77 Å². The van der Waals surface area contributed by atoms with Crippen molar-refractivity contribution in [3.63, 3.8) is 0 Å². The molecule has 0 atom stereocenters. The first-order chi connectivity index (χ1) is 13.7. The number of pyridine rings is 1. The van der Waals surface area contributed by atoms with E-state index in [1.165, 1.54) is 0 Å². The molecule has 2 aromatic heterocycles. The van der Waals surface area contributed by atoms with Crippen molar-refractivity contribution in [1.29, 1.82) is 5.26 Å². The molecule has 0 aliphatic carbocycles. The first kappa shape index (κ1) is 19.7. The van der Waals surface area contributed by atoms with E-state index in [0.717, 1.165) is 29.4 Å². The van der Waals surface area contributed by atoms with E-state index in [0.29, 0.717) is 24.4 Å². The lowest BCUT2D eigenvalue weighted by Gasteiger charge is -2.18. The molecule has 7 nitrogen and oxygen atoms in total. The SMILES string of the molecule is CCN(CCC#N)Cn1nc(-c2ccncc2)n(-c2ccc(OC)cc2)c1=S. The number of aromatic nitrogens is 4. The molecule has 2 heterocycles. The van der Waals surface area contributed by atoms with Gasteiger partial charge in [-0.25, -0.2) is 4.68 Å². The summed E-state index contributed by atoms with van der Waals surface area (Å²) in [5, 5.41) is 13.7. The fourth-order valence-electron chi connectivity index (χ4n) is 2.88. The summed E-state index contributed by atoms with van der Waals surface area (Å²) in [6, 6.07) is 13.7. The molecule has 0 spiro atoms. The van der Waals surface area contributed by atoms with E-state index in [9.17, 15) is 0 Å². The molecule has 0 radical (unpaired) electrons. The zero-order valence-corrected chi connectivity index (χ0v) is 16.8. The molecule has 0 amide bonds. The van der Waals surface area contributed by atoms with E-state index in [1.807, 2.05) is 41.0 Å². The molecular formula is C20H22N6OS. The van der Waals surface area contributed by atoms with Crippen LogP contribution in [-0.4, -0.2) is 44.4 Å². The second-order valence-corrected chi connectivity index (χ2v) is 6.50. The van der Waals surface area contributed by atoms with Crippen molar-refractivity contribution in [3.8, 4) is 28.9 Å². The Bertz CT molecular complexity index is 1000. The van der Waals surface area contributed by atoms with Gasteiger partial charge in [0, 0.05) is 30.9 Å². The molecule has 0 aliphatic rings. The van der Waals surface area contributed by atoms with Crippen molar-refractivity contribution >= 4 is 12.2 Å². The first-order valence-electron chi connectivity index (χ1n) is 9.02. The summed E-state index contributed by atoms with van der Waals surface area (Å²) in [7, 11) is 1.64. The molecule has 28 heavy (non-hydrogen) atoms. The topological polar surface area (TPSA) is 71.9 Å². The normalized spacial score (nSPS) is 10.8. The maximum absolute atomic E-state index is 8.88.